The Labute approximate surface area is 104 Å². The van der Waals surface area contributed by atoms with E-state index in [4.69, 9.17) is 11.4 Å². The minimum Gasteiger partial charge on any atom is -0.455 e. The van der Waals surface area contributed by atoms with Gasteiger partial charge in [-0.3, -0.25) is 0 Å². The van der Waals surface area contributed by atoms with Gasteiger partial charge in [0.15, 0.2) is 0 Å². The van der Waals surface area contributed by atoms with Crippen molar-refractivity contribution >= 4 is 52.9 Å². The topological polar surface area (TPSA) is 27.7 Å². The second-order valence-electron chi connectivity index (χ2n) is 1.65. The van der Waals surface area contributed by atoms with Gasteiger partial charge in [-0.15, -0.1) is 0 Å². The molecule has 12 heavy (non-hydrogen) atoms. The predicted molar refractivity (Wildman–Crippen MR) is 52.1 cm³/mol. The Morgan fingerprint density at radius 1 is 0.750 bits per heavy atom. The Morgan fingerprint density at radius 3 is 1.17 bits per heavy atom. The van der Waals surface area contributed by atoms with Crippen LogP contribution in [-0.2, 0) is 11.4 Å². The van der Waals surface area contributed by atoms with Crippen LogP contribution in [0, 0.1) is 0 Å². The van der Waals surface area contributed by atoms with Crippen LogP contribution in [0.1, 0.15) is 20.8 Å². The van der Waals surface area contributed by atoms with Gasteiger partial charge < -0.3 is 11.4 Å². The summed E-state index contributed by atoms with van der Waals surface area (Å²) < 4.78 is 15.7. The van der Waals surface area contributed by atoms with E-state index in [1.165, 1.54) is 0 Å². The molecule has 0 saturated carbocycles. The second kappa shape index (κ2) is 15.1. The van der Waals surface area contributed by atoms with Crippen LogP contribution in [0.25, 0.3) is 0 Å². The van der Waals surface area contributed by atoms with Crippen LogP contribution in [0.4, 0.5) is 0 Å². The largest absolute Gasteiger partial charge is 0.905 e. The maximum Gasteiger partial charge on any atom is 0.905 e. The van der Waals surface area contributed by atoms with Gasteiger partial charge in [0, 0.05) is 57.5 Å². The van der Waals surface area contributed by atoms with Crippen LogP contribution < -0.4 is 0 Å². The van der Waals surface area contributed by atoms with E-state index in [1.54, 1.807) is 0 Å². The van der Waals surface area contributed by atoms with Crippen molar-refractivity contribution in [2.75, 3.05) is 19.8 Å². The van der Waals surface area contributed by atoms with Crippen molar-refractivity contribution in [3.63, 3.8) is 0 Å². The Balaban J connectivity index is -0.000000405. The van der Waals surface area contributed by atoms with Gasteiger partial charge in [-0.2, -0.15) is 0 Å². The summed E-state index contributed by atoms with van der Waals surface area (Å²) in [4.78, 5) is 0. The zero-order valence-electron chi connectivity index (χ0n) is 8.92. The number of rotatable bonds is 6. The first-order valence-electron chi connectivity index (χ1n) is 3.69. The Bertz CT molecular complexity index is 63.5. The van der Waals surface area contributed by atoms with Crippen molar-refractivity contribution in [3.05, 3.63) is 0 Å². The molecule has 0 aromatic rings. The van der Waals surface area contributed by atoms with Crippen molar-refractivity contribution in [2.24, 2.45) is 0 Å². The Hall–Kier alpha value is 1.61. The van der Waals surface area contributed by atoms with E-state index in [0.717, 1.165) is 0 Å². The first-order valence-corrected chi connectivity index (χ1v) is 5.11. The number of hydrogen-bond donors (Lipinski definition) is 0. The minimum absolute atomic E-state index is 0. The zero-order valence-corrected chi connectivity index (χ0v) is 10.1. The fraction of sp³-hybridized carbons (Fsp3) is 1.00. The normalized spacial score (nSPS) is 8.25. The molecule has 0 heterocycles. The van der Waals surface area contributed by atoms with Gasteiger partial charge in [-0.25, -0.2) is 0 Å². The average molecular weight is 176 g/mol. The molecule has 0 saturated heterocycles. The minimum atomic E-state index is -1.73. The predicted octanol–water partition coefficient (Wildman–Crippen LogP) is 0.319. The maximum absolute atomic E-state index is 5.22. The molecule has 0 aromatic heterocycles. The molecule has 3 nitrogen and oxygen atoms in total. The molecule has 2 radical (unpaired) electrons. The van der Waals surface area contributed by atoms with Crippen LogP contribution in [0.3, 0.4) is 0 Å². The van der Waals surface area contributed by atoms with E-state index in [-0.39, 0.29) is 37.7 Å². The number of hydrogen-bond acceptors (Lipinski definition) is 3. The van der Waals surface area contributed by atoms with Crippen LogP contribution in [-0.4, -0.2) is 72.7 Å². The molecule has 0 rings (SSSR count). The molecule has 0 fully saturated rings. The SMILES string of the molecule is CC[O][Al]([O]CC)[O]CC.[Li].[Li]. The smallest absolute Gasteiger partial charge is 0.455 e. The zero-order chi connectivity index (χ0) is 7.82. The summed E-state index contributed by atoms with van der Waals surface area (Å²) in [6.45, 7) is 7.86. The first-order chi connectivity index (χ1) is 4.85. The average Bonchev–Trinajstić information content (AvgIpc) is 1.90. The molecule has 0 N–H and O–H groups in total. The van der Waals surface area contributed by atoms with E-state index in [1.807, 2.05) is 20.8 Å². The quantitative estimate of drug-likeness (QED) is 0.545. The molecule has 0 aliphatic rings. The second-order valence-corrected chi connectivity index (χ2v) is 3.23. The van der Waals surface area contributed by atoms with Gasteiger partial charge in [-0.1, -0.05) is 0 Å². The molecular weight excluding hydrogens is 161 g/mol. The summed E-state index contributed by atoms with van der Waals surface area (Å²) >= 11 is -1.73. The van der Waals surface area contributed by atoms with E-state index >= 15 is 0 Å². The molecule has 0 spiro atoms. The van der Waals surface area contributed by atoms with E-state index in [9.17, 15) is 0 Å². The van der Waals surface area contributed by atoms with E-state index < -0.39 is 15.1 Å². The molecule has 0 unspecified atom stereocenters. The molecular formula is C6H15AlLi2O3. The Kier molecular flexibility index (Phi) is 24.2. The fourth-order valence-corrected chi connectivity index (χ4v) is 1.66. The third-order valence-electron chi connectivity index (χ3n) is 0.908. The summed E-state index contributed by atoms with van der Waals surface area (Å²) in [7, 11) is 0. The van der Waals surface area contributed by atoms with Crippen molar-refractivity contribution in [1.29, 1.82) is 0 Å². The summed E-state index contributed by atoms with van der Waals surface area (Å²) in [6, 6.07) is 0. The maximum atomic E-state index is 5.22. The fourth-order valence-electron chi connectivity index (χ4n) is 0.553. The monoisotopic (exact) mass is 176 g/mol. The summed E-state index contributed by atoms with van der Waals surface area (Å²) in [5.41, 5.74) is 0. The van der Waals surface area contributed by atoms with Gasteiger partial charge in [0.05, 0.1) is 0 Å². The molecule has 0 amide bonds. The van der Waals surface area contributed by atoms with Gasteiger partial charge in [-0.05, 0) is 20.8 Å². The third kappa shape index (κ3) is 11.6. The molecule has 0 bridgehead atoms. The third-order valence-corrected chi connectivity index (χ3v) is 2.72. The first kappa shape index (κ1) is 19.2. The molecule has 0 aliphatic carbocycles. The summed E-state index contributed by atoms with van der Waals surface area (Å²) in [6.07, 6.45) is 0. The van der Waals surface area contributed by atoms with Gasteiger partial charge >= 0.3 is 15.1 Å². The van der Waals surface area contributed by atoms with Gasteiger partial charge in [0.1, 0.15) is 0 Å². The van der Waals surface area contributed by atoms with E-state index in [2.05, 4.69) is 0 Å². The van der Waals surface area contributed by atoms with Crippen LogP contribution in [0.15, 0.2) is 0 Å². The molecule has 0 aromatic carbocycles. The molecule has 62 valence electrons. The molecule has 6 heteroatoms. The van der Waals surface area contributed by atoms with Crippen molar-refractivity contribution in [2.45, 2.75) is 20.8 Å². The summed E-state index contributed by atoms with van der Waals surface area (Å²) in [5, 5.41) is 0. The van der Waals surface area contributed by atoms with Crippen molar-refractivity contribution in [1.82, 2.24) is 0 Å². The Morgan fingerprint density at radius 2 is 1.00 bits per heavy atom. The summed E-state index contributed by atoms with van der Waals surface area (Å²) in [5.74, 6) is 0. The van der Waals surface area contributed by atoms with E-state index in [0.29, 0.717) is 19.8 Å². The van der Waals surface area contributed by atoms with Gasteiger partial charge in [0.25, 0.3) is 0 Å². The molecule has 0 aliphatic heterocycles. The van der Waals surface area contributed by atoms with Crippen LogP contribution in [0.2, 0.25) is 0 Å². The van der Waals surface area contributed by atoms with Crippen LogP contribution in [0.5, 0.6) is 0 Å². The van der Waals surface area contributed by atoms with Crippen molar-refractivity contribution < 1.29 is 11.4 Å². The molecule has 0 atom stereocenters. The van der Waals surface area contributed by atoms with Crippen LogP contribution >= 0.6 is 0 Å². The standard InChI is InChI=1S/3C2H5O.Al.2Li/c3*1-2-3;;;/h3*2H2,1H3;;;/q3*-1;+3;;. The van der Waals surface area contributed by atoms with Crippen molar-refractivity contribution in [3.8, 4) is 0 Å². The van der Waals surface area contributed by atoms with Gasteiger partial charge in [0.2, 0.25) is 0 Å².